The number of hydrogen-bond acceptors (Lipinski definition) is 7. The van der Waals surface area contributed by atoms with E-state index in [0.717, 1.165) is 36.3 Å². The Bertz CT molecular complexity index is 799. The molecular formula is C19H26F2N4O2S2. The van der Waals surface area contributed by atoms with Crippen LogP contribution in [0.3, 0.4) is 0 Å². The van der Waals surface area contributed by atoms with Crippen LogP contribution < -0.4 is 9.64 Å². The van der Waals surface area contributed by atoms with Gasteiger partial charge in [0.2, 0.25) is 5.95 Å². The van der Waals surface area contributed by atoms with Crippen LogP contribution in [0.15, 0.2) is 28.3 Å². The predicted octanol–water partition coefficient (Wildman–Crippen LogP) is 4.39. The Balaban J connectivity index is 1.75. The third kappa shape index (κ3) is 5.99. The van der Waals surface area contributed by atoms with E-state index in [0.29, 0.717) is 47.3 Å². The van der Waals surface area contributed by atoms with E-state index in [4.69, 9.17) is 9.47 Å². The van der Waals surface area contributed by atoms with E-state index >= 15 is 0 Å². The van der Waals surface area contributed by atoms with Crippen molar-refractivity contribution >= 4 is 29.5 Å². The molecular weight excluding hydrogens is 418 g/mol. The summed E-state index contributed by atoms with van der Waals surface area (Å²) in [5.74, 6) is -0.0278. The summed E-state index contributed by atoms with van der Waals surface area (Å²) in [4.78, 5) is 2.65. The number of ether oxygens (including phenoxy) is 2. The van der Waals surface area contributed by atoms with Crippen molar-refractivity contribution in [3.63, 3.8) is 0 Å². The first-order valence-electron chi connectivity index (χ1n) is 9.48. The molecule has 1 aliphatic rings. The fourth-order valence-corrected chi connectivity index (χ4v) is 4.54. The van der Waals surface area contributed by atoms with Gasteiger partial charge in [-0.2, -0.15) is 8.78 Å². The number of morpholine rings is 1. The molecule has 2 heterocycles. The molecule has 1 fully saturated rings. The van der Waals surface area contributed by atoms with Crippen molar-refractivity contribution in [1.82, 2.24) is 14.8 Å². The largest absolute Gasteiger partial charge is 0.496 e. The molecule has 0 amide bonds. The molecule has 0 aliphatic carbocycles. The van der Waals surface area contributed by atoms with Gasteiger partial charge in [-0.05, 0) is 23.6 Å². The van der Waals surface area contributed by atoms with Crippen molar-refractivity contribution in [3.05, 3.63) is 23.8 Å². The minimum absolute atomic E-state index is 0.439. The maximum atomic E-state index is 12.7. The van der Waals surface area contributed by atoms with Crippen LogP contribution in [0.1, 0.15) is 19.4 Å². The standard InChI is InChI=1S/C19H26F2N4O2S2/c1-13(2)11-25-18(24-6-8-27-9-7-24)22-23-19(25)28-12-14-4-5-16(29-17(20)21)15(10-14)26-3/h4-5,10,13,17H,6-9,11-12H2,1-3H3. The number of nitrogens with zero attached hydrogens (tertiary/aromatic N) is 4. The monoisotopic (exact) mass is 444 g/mol. The highest BCUT2D eigenvalue weighted by molar-refractivity contribution is 7.99. The molecule has 160 valence electrons. The van der Waals surface area contributed by atoms with Crippen molar-refractivity contribution in [3.8, 4) is 5.75 Å². The minimum Gasteiger partial charge on any atom is -0.496 e. The quantitative estimate of drug-likeness (QED) is 0.532. The van der Waals surface area contributed by atoms with Crippen molar-refractivity contribution in [2.24, 2.45) is 5.92 Å². The minimum atomic E-state index is -2.47. The molecule has 2 aromatic rings. The van der Waals surface area contributed by atoms with Gasteiger partial charge in [-0.1, -0.05) is 43.4 Å². The smallest absolute Gasteiger partial charge is 0.289 e. The molecule has 0 N–H and O–H groups in total. The predicted molar refractivity (Wildman–Crippen MR) is 112 cm³/mol. The fraction of sp³-hybridized carbons (Fsp3) is 0.579. The maximum Gasteiger partial charge on any atom is 0.289 e. The van der Waals surface area contributed by atoms with Crippen molar-refractivity contribution in [2.45, 2.75) is 42.0 Å². The summed E-state index contributed by atoms with van der Waals surface area (Å²) in [7, 11) is 1.50. The Morgan fingerprint density at radius 2 is 1.97 bits per heavy atom. The maximum absolute atomic E-state index is 12.7. The van der Waals surface area contributed by atoms with Gasteiger partial charge in [0.1, 0.15) is 5.75 Å². The molecule has 0 radical (unpaired) electrons. The second kappa shape index (κ2) is 10.5. The summed E-state index contributed by atoms with van der Waals surface area (Å²) in [6.07, 6.45) is 0. The average molecular weight is 445 g/mol. The molecule has 10 heteroatoms. The van der Waals surface area contributed by atoms with E-state index < -0.39 is 5.76 Å². The molecule has 1 aromatic heterocycles. The van der Waals surface area contributed by atoms with E-state index in [9.17, 15) is 8.78 Å². The lowest BCUT2D eigenvalue weighted by atomic mass is 10.2. The Kier molecular flexibility index (Phi) is 8.02. The Hall–Kier alpha value is -1.52. The second-order valence-electron chi connectivity index (χ2n) is 7.04. The number of rotatable bonds is 9. The second-order valence-corrected chi connectivity index (χ2v) is 9.01. The normalized spacial score (nSPS) is 14.8. The average Bonchev–Trinajstić information content (AvgIpc) is 3.09. The Morgan fingerprint density at radius 3 is 2.62 bits per heavy atom. The van der Waals surface area contributed by atoms with Gasteiger partial charge in [0.15, 0.2) is 5.16 Å². The summed E-state index contributed by atoms with van der Waals surface area (Å²) in [6.45, 7) is 8.17. The number of halogens is 2. The van der Waals surface area contributed by atoms with Gasteiger partial charge in [0, 0.05) is 25.4 Å². The van der Waals surface area contributed by atoms with Gasteiger partial charge in [0.05, 0.1) is 25.2 Å². The molecule has 1 aromatic carbocycles. The first kappa shape index (κ1) is 22.2. The van der Waals surface area contributed by atoms with Crippen LogP contribution in [-0.4, -0.2) is 53.9 Å². The molecule has 1 saturated heterocycles. The number of anilines is 1. The highest BCUT2D eigenvalue weighted by Gasteiger charge is 2.21. The lowest BCUT2D eigenvalue weighted by Gasteiger charge is -2.28. The number of aromatic nitrogens is 3. The third-order valence-electron chi connectivity index (χ3n) is 4.35. The van der Waals surface area contributed by atoms with E-state index in [-0.39, 0.29) is 0 Å². The number of methoxy groups -OCH3 is 1. The van der Waals surface area contributed by atoms with Crippen LogP contribution in [0.4, 0.5) is 14.7 Å². The zero-order chi connectivity index (χ0) is 20.8. The number of benzene rings is 1. The van der Waals surface area contributed by atoms with E-state index in [1.54, 1.807) is 17.8 Å². The van der Waals surface area contributed by atoms with Gasteiger partial charge < -0.3 is 14.4 Å². The highest BCUT2D eigenvalue weighted by Crippen LogP contribution is 2.35. The van der Waals surface area contributed by atoms with E-state index in [1.165, 1.54) is 7.11 Å². The molecule has 29 heavy (non-hydrogen) atoms. The zero-order valence-corrected chi connectivity index (χ0v) is 18.4. The molecule has 0 spiro atoms. The summed E-state index contributed by atoms with van der Waals surface area (Å²) >= 11 is 2.08. The fourth-order valence-electron chi connectivity index (χ4n) is 3.05. The van der Waals surface area contributed by atoms with Gasteiger partial charge >= 0.3 is 0 Å². The first-order valence-corrected chi connectivity index (χ1v) is 11.3. The van der Waals surface area contributed by atoms with Gasteiger partial charge in [0.25, 0.3) is 5.76 Å². The third-order valence-corrected chi connectivity index (χ3v) is 6.16. The number of hydrogen-bond donors (Lipinski definition) is 0. The lowest BCUT2D eigenvalue weighted by molar-refractivity contribution is 0.121. The van der Waals surface area contributed by atoms with Crippen LogP contribution in [0.5, 0.6) is 5.75 Å². The summed E-state index contributed by atoms with van der Waals surface area (Å²) in [5.41, 5.74) is 0.984. The number of thioether (sulfide) groups is 2. The van der Waals surface area contributed by atoms with Crippen molar-refractivity contribution < 1.29 is 18.3 Å². The van der Waals surface area contributed by atoms with Gasteiger partial charge in [-0.25, -0.2) is 0 Å². The van der Waals surface area contributed by atoms with Crippen LogP contribution in [0, 0.1) is 5.92 Å². The molecule has 0 unspecified atom stereocenters. The summed E-state index contributed by atoms with van der Waals surface area (Å²) in [6, 6.07) is 5.35. The lowest BCUT2D eigenvalue weighted by Crippen LogP contribution is -2.38. The Morgan fingerprint density at radius 1 is 1.21 bits per heavy atom. The Labute approximate surface area is 178 Å². The van der Waals surface area contributed by atoms with Crippen LogP contribution >= 0.6 is 23.5 Å². The SMILES string of the molecule is COc1cc(CSc2nnc(N3CCOCC3)n2CC(C)C)ccc1SC(F)F. The van der Waals surface area contributed by atoms with Gasteiger partial charge in [-0.15, -0.1) is 10.2 Å². The van der Waals surface area contributed by atoms with E-state index in [1.807, 2.05) is 12.1 Å². The molecule has 3 rings (SSSR count). The van der Waals surface area contributed by atoms with Crippen molar-refractivity contribution in [2.75, 3.05) is 38.3 Å². The summed E-state index contributed by atoms with van der Waals surface area (Å²) < 4.78 is 38.3. The molecule has 6 nitrogen and oxygen atoms in total. The highest BCUT2D eigenvalue weighted by atomic mass is 32.2. The topological polar surface area (TPSA) is 52.4 Å². The molecule has 1 aliphatic heterocycles. The first-order chi connectivity index (χ1) is 14.0. The summed E-state index contributed by atoms with van der Waals surface area (Å²) in [5, 5.41) is 9.71. The van der Waals surface area contributed by atoms with Crippen LogP contribution in [0.2, 0.25) is 0 Å². The van der Waals surface area contributed by atoms with Crippen LogP contribution in [-0.2, 0) is 17.0 Å². The number of alkyl halides is 2. The van der Waals surface area contributed by atoms with Crippen molar-refractivity contribution in [1.29, 1.82) is 0 Å². The van der Waals surface area contributed by atoms with E-state index in [2.05, 4.69) is 33.5 Å². The molecule has 0 bridgehead atoms. The van der Waals surface area contributed by atoms with Gasteiger partial charge in [-0.3, -0.25) is 4.57 Å². The zero-order valence-electron chi connectivity index (χ0n) is 16.8. The molecule has 0 saturated carbocycles. The van der Waals surface area contributed by atoms with Crippen LogP contribution in [0.25, 0.3) is 0 Å². The molecule has 0 atom stereocenters.